The lowest BCUT2D eigenvalue weighted by Crippen LogP contribution is -2.44. The molecule has 0 radical (unpaired) electrons. The third kappa shape index (κ3) is 6.27. The number of rotatable bonds is 6. The highest BCUT2D eigenvalue weighted by atomic mass is 35.5. The monoisotopic (exact) mass is 262 g/mol. The number of carbonyl (C=O) groups is 1. The molecule has 0 aromatic carbocycles. The summed E-state index contributed by atoms with van der Waals surface area (Å²) in [6.45, 7) is 2.86. The molecule has 17 heavy (non-hydrogen) atoms. The summed E-state index contributed by atoms with van der Waals surface area (Å²) in [4.78, 5) is 11.7. The number of unbranched alkanes of at least 4 members (excludes halogenated alkanes) is 2. The standard InChI is InChI=1S/C13H26N2O.ClH/c1-2-3-4-9-13(16)15-12-8-6-5-7-11(12)10-14;/h11-12H,2-10,14H2,1H3,(H,15,16);1H. The Hall–Kier alpha value is -0.280. The summed E-state index contributed by atoms with van der Waals surface area (Å²) < 4.78 is 0. The second-order valence-corrected chi connectivity index (χ2v) is 4.91. The number of nitrogens with two attached hydrogens (primary N) is 1. The fraction of sp³-hybridized carbons (Fsp3) is 0.923. The Labute approximate surface area is 111 Å². The van der Waals surface area contributed by atoms with Gasteiger partial charge in [-0.25, -0.2) is 0 Å². The average Bonchev–Trinajstić information content (AvgIpc) is 2.30. The van der Waals surface area contributed by atoms with Gasteiger partial charge in [-0.1, -0.05) is 32.6 Å². The van der Waals surface area contributed by atoms with Crippen LogP contribution in [0.3, 0.4) is 0 Å². The Balaban J connectivity index is 0.00000256. The van der Waals surface area contributed by atoms with E-state index in [1.54, 1.807) is 0 Å². The van der Waals surface area contributed by atoms with Gasteiger partial charge in [-0.15, -0.1) is 12.4 Å². The van der Waals surface area contributed by atoms with Gasteiger partial charge in [0, 0.05) is 12.5 Å². The van der Waals surface area contributed by atoms with Gasteiger partial charge in [-0.05, 0) is 31.7 Å². The first-order chi connectivity index (χ1) is 7.77. The third-order valence-electron chi connectivity index (χ3n) is 3.57. The van der Waals surface area contributed by atoms with Crippen LogP contribution in [0.1, 0.15) is 58.3 Å². The van der Waals surface area contributed by atoms with Gasteiger partial charge in [0.05, 0.1) is 0 Å². The summed E-state index contributed by atoms with van der Waals surface area (Å²) in [6, 6.07) is 0.341. The van der Waals surface area contributed by atoms with Crippen molar-refractivity contribution in [2.45, 2.75) is 64.3 Å². The van der Waals surface area contributed by atoms with Gasteiger partial charge in [0.2, 0.25) is 5.91 Å². The lowest BCUT2D eigenvalue weighted by molar-refractivity contribution is -0.122. The van der Waals surface area contributed by atoms with E-state index < -0.39 is 0 Å². The Morgan fingerprint density at radius 1 is 1.29 bits per heavy atom. The molecule has 1 amide bonds. The van der Waals surface area contributed by atoms with Gasteiger partial charge >= 0.3 is 0 Å². The predicted octanol–water partition coefficient (Wildman–Crippen LogP) is 2.62. The van der Waals surface area contributed by atoms with E-state index in [9.17, 15) is 4.79 Å². The van der Waals surface area contributed by atoms with E-state index >= 15 is 0 Å². The fourth-order valence-corrected chi connectivity index (χ4v) is 2.49. The average molecular weight is 263 g/mol. The minimum atomic E-state index is 0. The highest BCUT2D eigenvalue weighted by molar-refractivity contribution is 5.85. The van der Waals surface area contributed by atoms with Crippen LogP contribution >= 0.6 is 12.4 Å². The van der Waals surface area contributed by atoms with E-state index in [0.717, 1.165) is 19.3 Å². The second kappa shape index (κ2) is 9.72. The highest BCUT2D eigenvalue weighted by Gasteiger charge is 2.24. The number of amides is 1. The number of hydrogen-bond donors (Lipinski definition) is 2. The number of carbonyl (C=O) groups excluding carboxylic acids is 1. The molecule has 102 valence electrons. The SMILES string of the molecule is CCCCCC(=O)NC1CCCCC1CN.Cl. The van der Waals surface area contributed by atoms with Crippen molar-refractivity contribution in [3.05, 3.63) is 0 Å². The molecule has 3 N–H and O–H groups in total. The Morgan fingerprint density at radius 2 is 2.00 bits per heavy atom. The molecule has 4 heteroatoms. The molecule has 0 saturated heterocycles. The lowest BCUT2D eigenvalue weighted by Gasteiger charge is -2.31. The first kappa shape index (κ1) is 16.7. The van der Waals surface area contributed by atoms with Gasteiger partial charge in [-0.3, -0.25) is 4.79 Å². The summed E-state index contributed by atoms with van der Waals surface area (Å²) >= 11 is 0. The molecular formula is C13H27ClN2O. The molecular weight excluding hydrogens is 236 g/mol. The molecule has 0 bridgehead atoms. The maximum atomic E-state index is 11.7. The van der Waals surface area contributed by atoms with Crippen molar-refractivity contribution in [2.24, 2.45) is 11.7 Å². The summed E-state index contributed by atoms with van der Waals surface area (Å²) in [7, 11) is 0. The zero-order valence-corrected chi connectivity index (χ0v) is 11.7. The maximum Gasteiger partial charge on any atom is 0.220 e. The van der Waals surface area contributed by atoms with E-state index in [1.807, 2.05) is 0 Å². The van der Waals surface area contributed by atoms with E-state index in [2.05, 4.69) is 12.2 Å². The number of nitrogens with one attached hydrogen (secondary N) is 1. The van der Waals surface area contributed by atoms with Gasteiger partial charge in [0.25, 0.3) is 0 Å². The molecule has 1 aliphatic rings. The summed E-state index contributed by atoms with van der Waals surface area (Å²) in [5.74, 6) is 0.725. The highest BCUT2D eigenvalue weighted by Crippen LogP contribution is 2.23. The first-order valence-corrected chi connectivity index (χ1v) is 6.77. The van der Waals surface area contributed by atoms with E-state index in [0.29, 0.717) is 24.9 Å². The minimum Gasteiger partial charge on any atom is -0.353 e. The van der Waals surface area contributed by atoms with Gasteiger partial charge in [-0.2, -0.15) is 0 Å². The topological polar surface area (TPSA) is 55.1 Å². The van der Waals surface area contributed by atoms with Crippen LogP contribution in [0.4, 0.5) is 0 Å². The van der Waals surface area contributed by atoms with Gasteiger partial charge < -0.3 is 11.1 Å². The van der Waals surface area contributed by atoms with Crippen molar-refractivity contribution in [3.8, 4) is 0 Å². The molecule has 2 atom stereocenters. The molecule has 1 rings (SSSR count). The molecule has 1 aliphatic carbocycles. The largest absolute Gasteiger partial charge is 0.353 e. The van der Waals surface area contributed by atoms with Crippen LogP contribution in [-0.4, -0.2) is 18.5 Å². The van der Waals surface area contributed by atoms with Crippen LogP contribution in [0, 0.1) is 5.92 Å². The van der Waals surface area contributed by atoms with E-state index in [4.69, 9.17) is 5.73 Å². The zero-order chi connectivity index (χ0) is 11.8. The molecule has 2 unspecified atom stereocenters. The molecule has 0 aromatic heterocycles. The van der Waals surface area contributed by atoms with Crippen molar-refractivity contribution in [3.63, 3.8) is 0 Å². The Morgan fingerprint density at radius 3 is 2.65 bits per heavy atom. The molecule has 0 heterocycles. The number of hydrogen-bond acceptors (Lipinski definition) is 2. The summed E-state index contributed by atoms with van der Waals surface area (Å²) in [5.41, 5.74) is 5.74. The minimum absolute atomic E-state index is 0. The fourth-order valence-electron chi connectivity index (χ4n) is 2.49. The van der Waals surface area contributed by atoms with Crippen molar-refractivity contribution in [1.29, 1.82) is 0 Å². The zero-order valence-electron chi connectivity index (χ0n) is 10.9. The molecule has 3 nitrogen and oxygen atoms in total. The first-order valence-electron chi connectivity index (χ1n) is 6.77. The van der Waals surface area contributed by atoms with Crippen molar-refractivity contribution in [2.75, 3.05) is 6.54 Å². The Kier molecular flexibility index (Phi) is 9.56. The van der Waals surface area contributed by atoms with E-state index in [1.165, 1.54) is 25.7 Å². The normalized spacial score (nSPS) is 23.9. The van der Waals surface area contributed by atoms with Crippen LogP contribution in [0.2, 0.25) is 0 Å². The van der Waals surface area contributed by atoms with Crippen LogP contribution < -0.4 is 11.1 Å². The van der Waals surface area contributed by atoms with Gasteiger partial charge in [0.15, 0.2) is 0 Å². The van der Waals surface area contributed by atoms with Crippen LogP contribution in [0.5, 0.6) is 0 Å². The van der Waals surface area contributed by atoms with Crippen molar-refractivity contribution < 1.29 is 4.79 Å². The molecule has 0 aliphatic heterocycles. The summed E-state index contributed by atoms with van der Waals surface area (Å²) in [5, 5.41) is 3.16. The molecule has 0 spiro atoms. The summed E-state index contributed by atoms with van der Waals surface area (Å²) in [6.07, 6.45) is 8.81. The maximum absolute atomic E-state index is 11.7. The van der Waals surface area contributed by atoms with E-state index in [-0.39, 0.29) is 18.3 Å². The molecule has 0 aromatic rings. The Bertz CT molecular complexity index is 212. The molecule has 1 fully saturated rings. The van der Waals surface area contributed by atoms with Crippen LogP contribution in [0.15, 0.2) is 0 Å². The second-order valence-electron chi connectivity index (χ2n) is 4.91. The van der Waals surface area contributed by atoms with Crippen molar-refractivity contribution in [1.82, 2.24) is 5.32 Å². The quantitative estimate of drug-likeness (QED) is 0.723. The van der Waals surface area contributed by atoms with Crippen molar-refractivity contribution >= 4 is 18.3 Å². The van der Waals surface area contributed by atoms with Crippen LogP contribution in [-0.2, 0) is 4.79 Å². The third-order valence-corrected chi connectivity index (χ3v) is 3.57. The molecule has 1 saturated carbocycles. The lowest BCUT2D eigenvalue weighted by atomic mass is 9.84. The predicted molar refractivity (Wildman–Crippen MR) is 74.3 cm³/mol. The smallest absolute Gasteiger partial charge is 0.220 e. The van der Waals surface area contributed by atoms with Crippen LogP contribution in [0.25, 0.3) is 0 Å². The number of halogens is 1. The van der Waals surface area contributed by atoms with Gasteiger partial charge in [0.1, 0.15) is 0 Å².